The molecule has 1 fully saturated rings. The fourth-order valence-electron chi connectivity index (χ4n) is 0.982. The van der Waals surface area contributed by atoms with E-state index in [1.54, 1.807) is 0 Å². The van der Waals surface area contributed by atoms with Gasteiger partial charge in [-0.05, 0) is 18.9 Å². The number of ether oxygens (including phenoxy) is 1. The highest BCUT2D eigenvalue weighted by atomic mass is 16.5. The third-order valence-corrected chi connectivity index (χ3v) is 1.84. The van der Waals surface area contributed by atoms with Crippen molar-refractivity contribution >= 4 is 5.97 Å². The Hall–Kier alpha value is -1.76. The molecule has 1 saturated carbocycles. The largest absolute Gasteiger partial charge is 0.459 e. The average molecular weight is 176 g/mol. The third-order valence-electron chi connectivity index (χ3n) is 1.84. The van der Waals surface area contributed by atoms with Crippen molar-refractivity contribution in [1.29, 1.82) is 5.26 Å². The van der Waals surface area contributed by atoms with Crippen molar-refractivity contribution in [2.75, 3.05) is 0 Å². The summed E-state index contributed by atoms with van der Waals surface area (Å²) in [5.74, 6) is -0.347. The molecular formula is C9H8N2O2. The van der Waals surface area contributed by atoms with Crippen LogP contribution in [0, 0.1) is 11.3 Å². The number of carbonyl (C=O) groups excluding carboxylic acids is 1. The lowest BCUT2D eigenvalue weighted by molar-refractivity contribution is 0.0472. The Morgan fingerprint density at radius 1 is 1.69 bits per heavy atom. The molecule has 0 aromatic carbocycles. The molecule has 0 amide bonds. The van der Waals surface area contributed by atoms with Crippen LogP contribution < -0.4 is 0 Å². The number of carbonyl (C=O) groups is 1. The number of nitrogens with zero attached hydrogens (tertiary/aromatic N) is 1. The molecule has 0 radical (unpaired) electrons. The monoisotopic (exact) mass is 176 g/mol. The first-order chi connectivity index (χ1) is 6.29. The van der Waals surface area contributed by atoms with E-state index in [4.69, 9.17) is 10.00 Å². The van der Waals surface area contributed by atoms with Gasteiger partial charge in [-0.15, -0.1) is 0 Å². The maximum Gasteiger partial charge on any atom is 0.339 e. The number of hydrogen-bond acceptors (Lipinski definition) is 3. The quantitative estimate of drug-likeness (QED) is 0.688. The van der Waals surface area contributed by atoms with Gasteiger partial charge in [0.15, 0.2) is 0 Å². The molecule has 1 aromatic rings. The summed E-state index contributed by atoms with van der Waals surface area (Å²) in [7, 11) is 0. The van der Waals surface area contributed by atoms with Gasteiger partial charge in [-0.25, -0.2) is 4.79 Å². The number of aromatic nitrogens is 1. The van der Waals surface area contributed by atoms with Crippen LogP contribution >= 0.6 is 0 Å². The van der Waals surface area contributed by atoms with Gasteiger partial charge in [0.2, 0.25) is 0 Å². The van der Waals surface area contributed by atoms with Gasteiger partial charge >= 0.3 is 5.97 Å². The van der Waals surface area contributed by atoms with Gasteiger partial charge in [0.1, 0.15) is 17.9 Å². The molecular weight excluding hydrogens is 168 g/mol. The Labute approximate surface area is 75.1 Å². The maximum atomic E-state index is 11.3. The molecule has 13 heavy (non-hydrogen) atoms. The molecule has 0 spiro atoms. The van der Waals surface area contributed by atoms with E-state index < -0.39 is 0 Å². The lowest BCUT2D eigenvalue weighted by atomic mass is 10.3. The molecule has 0 atom stereocenters. The van der Waals surface area contributed by atoms with Gasteiger partial charge in [-0.2, -0.15) is 5.26 Å². The van der Waals surface area contributed by atoms with Crippen molar-refractivity contribution in [2.24, 2.45) is 0 Å². The van der Waals surface area contributed by atoms with E-state index in [0.29, 0.717) is 11.3 Å². The summed E-state index contributed by atoms with van der Waals surface area (Å²) in [6.45, 7) is 0. The summed E-state index contributed by atoms with van der Waals surface area (Å²) >= 11 is 0. The summed E-state index contributed by atoms with van der Waals surface area (Å²) < 4.78 is 5.04. The second-order valence-corrected chi connectivity index (χ2v) is 3.02. The van der Waals surface area contributed by atoms with Crippen LogP contribution in [0.2, 0.25) is 0 Å². The number of esters is 1. The second-order valence-electron chi connectivity index (χ2n) is 3.02. The van der Waals surface area contributed by atoms with Crippen LogP contribution in [-0.2, 0) is 4.74 Å². The molecule has 1 aliphatic rings. The van der Waals surface area contributed by atoms with Crippen molar-refractivity contribution in [1.82, 2.24) is 4.98 Å². The Bertz CT molecular complexity index is 371. The molecule has 4 heteroatoms. The summed E-state index contributed by atoms with van der Waals surface area (Å²) in [5.41, 5.74) is 0.797. The summed E-state index contributed by atoms with van der Waals surface area (Å²) in [6.07, 6.45) is 3.51. The molecule has 0 saturated heterocycles. The molecule has 4 nitrogen and oxygen atoms in total. The summed E-state index contributed by atoms with van der Waals surface area (Å²) in [6, 6.07) is 3.40. The lowest BCUT2D eigenvalue weighted by Gasteiger charge is -1.98. The SMILES string of the molecule is N#Cc1cc(C(=O)OC2CC2)c[nH]1. The molecule has 0 aliphatic heterocycles. The van der Waals surface area contributed by atoms with Crippen LogP contribution in [-0.4, -0.2) is 17.1 Å². The number of nitrogens with one attached hydrogen (secondary N) is 1. The molecule has 0 bridgehead atoms. The van der Waals surface area contributed by atoms with Crippen molar-refractivity contribution < 1.29 is 9.53 Å². The number of hydrogen-bond donors (Lipinski definition) is 1. The Kier molecular flexibility index (Phi) is 1.78. The van der Waals surface area contributed by atoms with E-state index in [1.165, 1.54) is 12.3 Å². The zero-order valence-corrected chi connectivity index (χ0v) is 6.91. The van der Waals surface area contributed by atoms with E-state index in [1.807, 2.05) is 6.07 Å². The van der Waals surface area contributed by atoms with Gasteiger partial charge in [0.05, 0.1) is 5.56 Å². The second kappa shape index (κ2) is 2.94. The first kappa shape index (κ1) is 7.87. The van der Waals surface area contributed by atoms with Crippen LogP contribution in [0.25, 0.3) is 0 Å². The van der Waals surface area contributed by atoms with Gasteiger partial charge < -0.3 is 9.72 Å². The van der Waals surface area contributed by atoms with Crippen molar-refractivity contribution in [3.05, 3.63) is 23.5 Å². The highest BCUT2D eigenvalue weighted by molar-refractivity contribution is 5.89. The van der Waals surface area contributed by atoms with E-state index >= 15 is 0 Å². The first-order valence-corrected chi connectivity index (χ1v) is 4.09. The normalized spacial score (nSPS) is 15.0. The Morgan fingerprint density at radius 3 is 3.00 bits per heavy atom. The number of H-pyrrole nitrogens is 1. The Morgan fingerprint density at radius 2 is 2.46 bits per heavy atom. The molecule has 0 unspecified atom stereocenters. The van der Waals surface area contributed by atoms with E-state index in [9.17, 15) is 4.79 Å². The standard InChI is InChI=1S/C9H8N2O2/c10-4-7-3-6(5-11-7)9(12)13-8-1-2-8/h3,5,8,11H,1-2H2. The highest BCUT2D eigenvalue weighted by Crippen LogP contribution is 2.24. The van der Waals surface area contributed by atoms with Crippen LogP contribution in [0.1, 0.15) is 28.9 Å². The first-order valence-electron chi connectivity index (χ1n) is 4.09. The molecule has 1 heterocycles. The van der Waals surface area contributed by atoms with Gasteiger partial charge in [-0.3, -0.25) is 0 Å². The Balaban J connectivity index is 2.06. The number of aromatic amines is 1. The van der Waals surface area contributed by atoms with Gasteiger partial charge in [0, 0.05) is 6.20 Å². The number of nitriles is 1. The predicted molar refractivity (Wildman–Crippen MR) is 43.9 cm³/mol. The van der Waals surface area contributed by atoms with Crippen molar-refractivity contribution in [2.45, 2.75) is 18.9 Å². The molecule has 1 aliphatic carbocycles. The van der Waals surface area contributed by atoms with Crippen LogP contribution in [0.15, 0.2) is 12.3 Å². The predicted octanol–water partition coefficient (Wildman–Crippen LogP) is 1.21. The van der Waals surface area contributed by atoms with E-state index in [0.717, 1.165) is 12.8 Å². The molecule has 1 aromatic heterocycles. The van der Waals surface area contributed by atoms with Crippen molar-refractivity contribution in [3.63, 3.8) is 0 Å². The van der Waals surface area contributed by atoms with E-state index in [2.05, 4.69) is 4.98 Å². The lowest BCUT2D eigenvalue weighted by Crippen LogP contribution is -2.04. The third kappa shape index (κ3) is 1.70. The van der Waals surface area contributed by atoms with E-state index in [-0.39, 0.29) is 12.1 Å². The fourth-order valence-corrected chi connectivity index (χ4v) is 0.982. The minimum Gasteiger partial charge on any atom is -0.459 e. The topological polar surface area (TPSA) is 65.9 Å². The van der Waals surface area contributed by atoms with Crippen LogP contribution in [0.5, 0.6) is 0 Å². The molecule has 1 N–H and O–H groups in total. The zero-order chi connectivity index (χ0) is 9.26. The molecule has 66 valence electrons. The number of rotatable bonds is 2. The average Bonchev–Trinajstić information content (AvgIpc) is 2.82. The van der Waals surface area contributed by atoms with Crippen LogP contribution in [0.3, 0.4) is 0 Å². The smallest absolute Gasteiger partial charge is 0.339 e. The minimum atomic E-state index is -0.347. The van der Waals surface area contributed by atoms with Crippen LogP contribution in [0.4, 0.5) is 0 Å². The summed E-state index contributed by atoms with van der Waals surface area (Å²) in [5, 5.41) is 8.49. The zero-order valence-electron chi connectivity index (χ0n) is 6.91. The van der Waals surface area contributed by atoms with Gasteiger partial charge in [0.25, 0.3) is 0 Å². The molecule has 2 rings (SSSR count). The fraction of sp³-hybridized carbons (Fsp3) is 0.333. The maximum absolute atomic E-state index is 11.3. The minimum absolute atomic E-state index is 0.105. The highest BCUT2D eigenvalue weighted by Gasteiger charge is 2.26. The summed E-state index contributed by atoms with van der Waals surface area (Å²) in [4.78, 5) is 13.9. The van der Waals surface area contributed by atoms with Gasteiger partial charge in [-0.1, -0.05) is 0 Å². The van der Waals surface area contributed by atoms with Crippen molar-refractivity contribution in [3.8, 4) is 6.07 Å².